The van der Waals surface area contributed by atoms with E-state index in [9.17, 15) is 4.79 Å². The molecular formula is C17H23NO. The van der Waals surface area contributed by atoms with Gasteiger partial charge in [0.15, 0.2) is 0 Å². The van der Waals surface area contributed by atoms with Gasteiger partial charge >= 0.3 is 0 Å². The van der Waals surface area contributed by atoms with Crippen molar-refractivity contribution >= 4 is 11.6 Å². The summed E-state index contributed by atoms with van der Waals surface area (Å²) >= 11 is 0. The number of benzene rings is 1. The molecule has 102 valence electrons. The molecular weight excluding hydrogens is 234 g/mol. The summed E-state index contributed by atoms with van der Waals surface area (Å²) in [4.78, 5) is 12.4. The Morgan fingerprint density at radius 2 is 1.74 bits per heavy atom. The fourth-order valence-corrected chi connectivity index (χ4v) is 3.87. The second kappa shape index (κ2) is 4.99. The largest absolute Gasteiger partial charge is 0.325 e. The predicted octanol–water partition coefficient (Wildman–Crippen LogP) is 4.31. The summed E-state index contributed by atoms with van der Waals surface area (Å²) in [5.41, 5.74) is 4.82. The second-order valence-electron chi connectivity index (χ2n) is 6.26. The van der Waals surface area contributed by atoms with Crippen LogP contribution in [0.2, 0.25) is 0 Å². The number of carbonyl (C=O) groups excluding carboxylic acids is 1. The molecule has 1 saturated carbocycles. The van der Waals surface area contributed by atoms with E-state index in [2.05, 4.69) is 31.3 Å². The molecule has 1 aromatic rings. The summed E-state index contributed by atoms with van der Waals surface area (Å²) in [7, 11) is 0. The minimum absolute atomic E-state index is 0.103. The molecule has 1 amide bonds. The van der Waals surface area contributed by atoms with Crippen LogP contribution in [0.4, 0.5) is 5.69 Å². The Bertz CT molecular complexity index is 498. The zero-order valence-electron chi connectivity index (χ0n) is 12.0. The van der Waals surface area contributed by atoms with E-state index in [4.69, 9.17) is 0 Å². The van der Waals surface area contributed by atoms with Crippen LogP contribution in [0.1, 0.15) is 61.1 Å². The Morgan fingerprint density at radius 3 is 2.42 bits per heavy atom. The zero-order valence-corrected chi connectivity index (χ0v) is 12.0. The molecule has 1 aliphatic heterocycles. The number of rotatable bonds is 1. The average Bonchev–Trinajstić information content (AvgIpc) is 2.55. The lowest BCUT2D eigenvalue weighted by atomic mass is 9.81. The molecule has 0 bridgehead atoms. The van der Waals surface area contributed by atoms with Crippen LogP contribution in [0.3, 0.4) is 0 Å². The highest BCUT2D eigenvalue weighted by atomic mass is 16.2. The first-order valence-electron chi connectivity index (χ1n) is 7.59. The zero-order chi connectivity index (χ0) is 13.4. The van der Waals surface area contributed by atoms with Crippen LogP contribution in [0.15, 0.2) is 12.1 Å². The highest BCUT2D eigenvalue weighted by Crippen LogP contribution is 2.44. The van der Waals surface area contributed by atoms with Crippen LogP contribution >= 0.6 is 0 Å². The summed E-state index contributed by atoms with van der Waals surface area (Å²) in [6, 6.07) is 4.38. The van der Waals surface area contributed by atoms with Crippen LogP contribution in [-0.4, -0.2) is 5.91 Å². The molecule has 1 atom stereocenters. The highest BCUT2D eigenvalue weighted by Gasteiger charge is 2.37. The number of anilines is 1. The van der Waals surface area contributed by atoms with Gasteiger partial charge in [0, 0.05) is 5.69 Å². The van der Waals surface area contributed by atoms with Gasteiger partial charge in [-0.05, 0) is 43.7 Å². The third-order valence-electron chi connectivity index (χ3n) is 4.75. The van der Waals surface area contributed by atoms with Gasteiger partial charge in [0.1, 0.15) is 0 Å². The number of nitrogens with one attached hydrogen (secondary N) is 1. The van der Waals surface area contributed by atoms with E-state index in [1.807, 2.05) is 0 Å². The quantitative estimate of drug-likeness (QED) is 0.746. The van der Waals surface area contributed by atoms with Gasteiger partial charge in [-0.1, -0.05) is 43.4 Å². The number of hydrogen-bond acceptors (Lipinski definition) is 1. The molecule has 1 aliphatic carbocycles. The number of fused-ring (bicyclic) bond motifs is 1. The Labute approximate surface area is 115 Å². The number of hydrogen-bond donors (Lipinski definition) is 1. The highest BCUT2D eigenvalue weighted by molar-refractivity contribution is 6.04. The molecule has 0 spiro atoms. The lowest BCUT2D eigenvalue weighted by Gasteiger charge is -2.20. The Morgan fingerprint density at radius 1 is 1.05 bits per heavy atom. The van der Waals surface area contributed by atoms with Gasteiger partial charge < -0.3 is 5.32 Å². The van der Waals surface area contributed by atoms with Crippen molar-refractivity contribution < 1.29 is 4.79 Å². The van der Waals surface area contributed by atoms with E-state index >= 15 is 0 Å². The van der Waals surface area contributed by atoms with Crippen molar-refractivity contribution in [1.82, 2.24) is 0 Å². The van der Waals surface area contributed by atoms with Gasteiger partial charge in [0.2, 0.25) is 5.91 Å². The van der Waals surface area contributed by atoms with E-state index in [1.165, 1.54) is 55.2 Å². The van der Waals surface area contributed by atoms with Crippen molar-refractivity contribution in [3.8, 4) is 0 Å². The topological polar surface area (TPSA) is 29.1 Å². The summed E-state index contributed by atoms with van der Waals surface area (Å²) in [5.74, 6) is 0.882. The molecule has 1 unspecified atom stereocenters. The molecule has 1 fully saturated rings. The third kappa shape index (κ3) is 2.29. The lowest BCUT2D eigenvalue weighted by molar-refractivity contribution is -0.118. The molecule has 2 aliphatic rings. The molecule has 0 radical (unpaired) electrons. The van der Waals surface area contributed by atoms with Crippen LogP contribution < -0.4 is 5.32 Å². The minimum atomic E-state index is 0.103. The predicted molar refractivity (Wildman–Crippen MR) is 78.5 cm³/mol. The van der Waals surface area contributed by atoms with Gasteiger partial charge in [0.25, 0.3) is 0 Å². The second-order valence-corrected chi connectivity index (χ2v) is 6.26. The Balaban J connectivity index is 1.97. The van der Waals surface area contributed by atoms with E-state index in [-0.39, 0.29) is 11.8 Å². The van der Waals surface area contributed by atoms with Crippen LogP contribution in [0.5, 0.6) is 0 Å². The molecule has 19 heavy (non-hydrogen) atoms. The summed E-state index contributed by atoms with van der Waals surface area (Å²) in [6.45, 7) is 4.22. The van der Waals surface area contributed by atoms with E-state index in [0.29, 0.717) is 5.92 Å². The van der Waals surface area contributed by atoms with Gasteiger partial charge in [-0.3, -0.25) is 4.79 Å². The number of amides is 1. The fraction of sp³-hybridized carbons (Fsp3) is 0.588. The van der Waals surface area contributed by atoms with Crippen molar-refractivity contribution in [3.05, 3.63) is 28.8 Å². The van der Waals surface area contributed by atoms with Gasteiger partial charge in [-0.25, -0.2) is 0 Å². The lowest BCUT2D eigenvalue weighted by Crippen LogP contribution is -2.20. The first-order valence-corrected chi connectivity index (χ1v) is 7.59. The number of aryl methyl sites for hydroxylation is 2. The maximum absolute atomic E-state index is 12.4. The van der Waals surface area contributed by atoms with Gasteiger partial charge in [-0.15, -0.1) is 0 Å². The summed E-state index contributed by atoms with van der Waals surface area (Å²) in [5, 5.41) is 3.12. The van der Waals surface area contributed by atoms with Crippen molar-refractivity contribution in [2.75, 3.05) is 5.32 Å². The van der Waals surface area contributed by atoms with Crippen molar-refractivity contribution in [2.24, 2.45) is 5.92 Å². The molecule has 1 N–H and O–H groups in total. The SMILES string of the molecule is Cc1cc(C)c2c(c1)C(C1CCCCCC1)C(=O)N2. The van der Waals surface area contributed by atoms with Crippen LogP contribution in [-0.2, 0) is 4.79 Å². The summed E-state index contributed by atoms with van der Waals surface area (Å²) in [6.07, 6.45) is 7.67. The molecule has 3 rings (SSSR count). The molecule has 0 saturated heterocycles. The maximum atomic E-state index is 12.4. The average molecular weight is 257 g/mol. The molecule has 2 heteroatoms. The molecule has 0 aromatic heterocycles. The standard InChI is InChI=1S/C17H23NO/c1-11-9-12(2)16-14(10-11)15(17(19)18-16)13-7-5-3-4-6-8-13/h9-10,13,15H,3-8H2,1-2H3,(H,18,19). The third-order valence-corrected chi connectivity index (χ3v) is 4.75. The smallest absolute Gasteiger partial charge is 0.232 e. The normalized spacial score (nSPS) is 23.9. The molecule has 2 nitrogen and oxygen atoms in total. The first-order chi connectivity index (χ1) is 9.16. The van der Waals surface area contributed by atoms with E-state index < -0.39 is 0 Å². The monoisotopic (exact) mass is 257 g/mol. The van der Waals surface area contributed by atoms with Crippen molar-refractivity contribution in [3.63, 3.8) is 0 Å². The van der Waals surface area contributed by atoms with E-state index in [0.717, 1.165) is 5.69 Å². The summed E-state index contributed by atoms with van der Waals surface area (Å²) < 4.78 is 0. The fourth-order valence-electron chi connectivity index (χ4n) is 3.87. The van der Waals surface area contributed by atoms with Gasteiger partial charge in [0.05, 0.1) is 5.92 Å². The van der Waals surface area contributed by atoms with Gasteiger partial charge in [-0.2, -0.15) is 0 Å². The van der Waals surface area contributed by atoms with Crippen LogP contribution in [0, 0.1) is 19.8 Å². The Hall–Kier alpha value is -1.31. The molecule has 1 aromatic carbocycles. The number of carbonyl (C=O) groups is 1. The van der Waals surface area contributed by atoms with Crippen LogP contribution in [0.25, 0.3) is 0 Å². The van der Waals surface area contributed by atoms with E-state index in [1.54, 1.807) is 0 Å². The van der Waals surface area contributed by atoms with Crippen molar-refractivity contribution in [1.29, 1.82) is 0 Å². The first kappa shape index (κ1) is 12.7. The Kier molecular flexibility index (Phi) is 3.34. The van der Waals surface area contributed by atoms with Crippen molar-refractivity contribution in [2.45, 2.75) is 58.3 Å². The maximum Gasteiger partial charge on any atom is 0.232 e. The minimum Gasteiger partial charge on any atom is -0.325 e. The molecule has 1 heterocycles.